The fourth-order valence-electron chi connectivity index (χ4n) is 2.08. The number of benzene rings is 2. The Morgan fingerprint density at radius 1 is 1.15 bits per heavy atom. The first-order chi connectivity index (χ1) is 9.58. The summed E-state index contributed by atoms with van der Waals surface area (Å²) in [5, 5.41) is 10.1. The van der Waals surface area contributed by atoms with E-state index in [1.54, 1.807) is 0 Å². The van der Waals surface area contributed by atoms with Crippen molar-refractivity contribution in [1.29, 1.82) is 0 Å². The minimum Gasteiger partial charge on any atom is -0.490 e. The lowest BCUT2D eigenvalue weighted by Gasteiger charge is -2.17. The van der Waals surface area contributed by atoms with Gasteiger partial charge in [0.1, 0.15) is 18.5 Å². The maximum atomic E-state index is 10.1. The van der Waals surface area contributed by atoms with E-state index in [1.807, 2.05) is 62.4 Å². The molecule has 0 aliphatic heterocycles. The van der Waals surface area contributed by atoms with Crippen molar-refractivity contribution in [1.82, 2.24) is 0 Å². The largest absolute Gasteiger partial charge is 0.490 e. The van der Waals surface area contributed by atoms with E-state index in [0.717, 1.165) is 22.4 Å². The second-order valence-corrected chi connectivity index (χ2v) is 5.07. The van der Waals surface area contributed by atoms with Gasteiger partial charge in [0.05, 0.1) is 0 Å². The molecule has 106 valence electrons. The van der Waals surface area contributed by atoms with Gasteiger partial charge in [0.2, 0.25) is 0 Å². The Morgan fingerprint density at radius 2 is 1.85 bits per heavy atom. The van der Waals surface area contributed by atoms with Crippen LogP contribution in [0, 0.1) is 6.92 Å². The van der Waals surface area contributed by atoms with Crippen LogP contribution in [0.4, 0.5) is 0 Å². The van der Waals surface area contributed by atoms with Crippen molar-refractivity contribution in [2.75, 3.05) is 6.61 Å². The van der Waals surface area contributed by atoms with Crippen molar-refractivity contribution in [2.45, 2.75) is 26.0 Å². The summed E-state index contributed by atoms with van der Waals surface area (Å²) >= 11 is 0. The first kappa shape index (κ1) is 14.6. The molecule has 3 heteroatoms. The van der Waals surface area contributed by atoms with Crippen LogP contribution in [0.15, 0.2) is 48.5 Å². The molecule has 0 heterocycles. The van der Waals surface area contributed by atoms with Crippen molar-refractivity contribution < 1.29 is 9.84 Å². The molecule has 0 saturated heterocycles. The molecule has 0 spiro atoms. The van der Waals surface area contributed by atoms with Crippen LogP contribution in [0.3, 0.4) is 0 Å². The molecular formula is C17H21NO2. The van der Waals surface area contributed by atoms with Crippen LogP contribution in [0.25, 0.3) is 0 Å². The van der Waals surface area contributed by atoms with Crippen LogP contribution in [0.1, 0.15) is 35.8 Å². The molecule has 3 nitrogen and oxygen atoms in total. The Labute approximate surface area is 120 Å². The number of aryl methyl sites for hydroxylation is 1. The lowest BCUT2D eigenvalue weighted by molar-refractivity contribution is 0.107. The van der Waals surface area contributed by atoms with Crippen LogP contribution < -0.4 is 10.5 Å². The fourth-order valence-corrected chi connectivity index (χ4v) is 2.08. The molecule has 0 aliphatic rings. The first-order valence-electron chi connectivity index (χ1n) is 6.80. The number of rotatable bonds is 5. The number of ether oxygens (including phenoxy) is 1. The molecule has 2 atom stereocenters. The zero-order chi connectivity index (χ0) is 14.5. The van der Waals surface area contributed by atoms with Gasteiger partial charge >= 0.3 is 0 Å². The predicted octanol–water partition coefficient (Wildman–Crippen LogP) is 3.13. The topological polar surface area (TPSA) is 55.5 Å². The lowest BCUT2D eigenvalue weighted by Crippen LogP contribution is -2.13. The molecule has 2 aromatic carbocycles. The molecule has 0 fully saturated rings. The van der Waals surface area contributed by atoms with Gasteiger partial charge in [-0.25, -0.2) is 0 Å². The normalized spacial score (nSPS) is 13.8. The van der Waals surface area contributed by atoms with Crippen molar-refractivity contribution >= 4 is 0 Å². The number of hydrogen-bond acceptors (Lipinski definition) is 3. The van der Waals surface area contributed by atoms with Gasteiger partial charge in [0, 0.05) is 11.6 Å². The van der Waals surface area contributed by atoms with Crippen LogP contribution >= 0.6 is 0 Å². The molecule has 0 aliphatic carbocycles. The average Bonchev–Trinajstić information content (AvgIpc) is 2.45. The molecule has 1 unspecified atom stereocenters. The molecule has 0 bridgehead atoms. The Hall–Kier alpha value is -1.84. The highest BCUT2D eigenvalue weighted by atomic mass is 16.5. The number of hydrogen-bond donors (Lipinski definition) is 2. The van der Waals surface area contributed by atoms with Crippen molar-refractivity contribution in [3.05, 3.63) is 65.2 Å². The lowest BCUT2D eigenvalue weighted by atomic mass is 10.1. The van der Waals surface area contributed by atoms with E-state index in [-0.39, 0.29) is 12.6 Å². The second-order valence-electron chi connectivity index (χ2n) is 5.07. The Bertz CT molecular complexity index is 552. The number of aliphatic hydroxyl groups is 1. The summed E-state index contributed by atoms with van der Waals surface area (Å²) < 4.78 is 5.77. The molecule has 0 saturated carbocycles. The zero-order valence-electron chi connectivity index (χ0n) is 11.9. The van der Waals surface area contributed by atoms with Gasteiger partial charge in [-0.15, -0.1) is 0 Å². The van der Waals surface area contributed by atoms with E-state index in [9.17, 15) is 5.11 Å². The summed E-state index contributed by atoms with van der Waals surface area (Å²) in [5.41, 5.74) is 8.85. The summed E-state index contributed by atoms with van der Waals surface area (Å²) in [5.74, 6) is 0.745. The molecule has 0 aromatic heterocycles. The van der Waals surface area contributed by atoms with Gasteiger partial charge in [-0.3, -0.25) is 0 Å². The van der Waals surface area contributed by atoms with E-state index in [4.69, 9.17) is 10.5 Å². The third-order valence-electron chi connectivity index (χ3n) is 3.24. The Morgan fingerprint density at radius 3 is 2.50 bits per heavy atom. The van der Waals surface area contributed by atoms with Gasteiger partial charge in [-0.1, -0.05) is 42.5 Å². The maximum absolute atomic E-state index is 10.1. The van der Waals surface area contributed by atoms with Crippen molar-refractivity contribution in [3.8, 4) is 5.75 Å². The third kappa shape index (κ3) is 3.59. The highest BCUT2D eigenvalue weighted by Crippen LogP contribution is 2.26. The smallest absolute Gasteiger partial charge is 0.124 e. The molecule has 3 N–H and O–H groups in total. The summed E-state index contributed by atoms with van der Waals surface area (Å²) in [6.45, 7) is 4.14. The summed E-state index contributed by atoms with van der Waals surface area (Å²) in [6, 6.07) is 15.3. The first-order valence-corrected chi connectivity index (χ1v) is 6.80. The zero-order valence-corrected chi connectivity index (χ0v) is 11.9. The number of aliphatic hydroxyl groups excluding tert-OH is 1. The Balaban J connectivity index is 2.09. The number of nitrogens with two attached hydrogens (primary N) is 1. The van der Waals surface area contributed by atoms with Crippen LogP contribution in [0.5, 0.6) is 5.75 Å². The quantitative estimate of drug-likeness (QED) is 0.878. The minimum absolute atomic E-state index is 0.0977. The van der Waals surface area contributed by atoms with Crippen LogP contribution in [-0.2, 0) is 0 Å². The van der Waals surface area contributed by atoms with Gasteiger partial charge in [-0.2, -0.15) is 0 Å². The van der Waals surface area contributed by atoms with Crippen LogP contribution in [-0.4, -0.2) is 11.7 Å². The SMILES string of the molecule is Cc1ccc([C@@H](C)N)c(OCC(O)c2ccccc2)c1. The maximum Gasteiger partial charge on any atom is 0.124 e. The van der Waals surface area contributed by atoms with Gasteiger partial charge in [0.25, 0.3) is 0 Å². The summed E-state index contributed by atoms with van der Waals surface area (Å²) in [4.78, 5) is 0. The summed E-state index contributed by atoms with van der Waals surface area (Å²) in [6.07, 6.45) is -0.641. The fraction of sp³-hybridized carbons (Fsp3) is 0.294. The molecule has 2 aromatic rings. The van der Waals surface area contributed by atoms with E-state index in [2.05, 4.69) is 0 Å². The second kappa shape index (κ2) is 6.55. The standard InChI is InChI=1S/C17H21NO2/c1-12-8-9-15(13(2)18)17(10-12)20-11-16(19)14-6-4-3-5-7-14/h3-10,13,16,19H,11,18H2,1-2H3/t13-,16?/m1/s1. The van der Waals surface area contributed by atoms with Gasteiger partial charge in [-0.05, 0) is 31.0 Å². The highest BCUT2D eigenvalue weighted by Gasteiger charge is 2.12. The van der Waals surface area contributed by atoms with E-state index in [0.29, 0.717) is 0 Å². The van der Waals surface area contributed by atoms with E-state index in [1.165, 1.54) is 0 Å². The molecule has 2 rings (SSSR count). The molecule has 20 heavy (non-hydrogen) atoms. The molecule has 0 amide bonds. The molecule has 0 radical (unpaired) electrons. The third-order valence-corrected chi connectivity index (χ3v) is 3.24. The average molecular weight is 271 g/mol. The highest BCUT2D eigenvalue weighted by molar-refractivity contribution is 5.39. The monoisotopic (exact) mass is 271 g/mol. The Kier molecular flexibility index (Phi) is 4.77. The van der Waals surface area contributed by atoms with Gasteiger partial charge in [0.15, 0.2) is 0 Å². The van der Waals surface area contributed by atoms with Crippen molar-refractivity contribution in [2.24, 2.45) is 5.73 Å². The van der Waals surface area contributed by atoms with Crippen LogP contribution in [0.2, 0.25) is 0 Å². The van der Waals surface area contributed by atoms with E-state index >= 15 is 0 Å². The predicted molar refractivity (Wildman–Crippen MR) is 80.7 cm³/mol. The van der Waals surface area contributed by atoms with Gasteiger partial charge < -0.3 is 15.6 Å². The van der Waals surface area contributed by atoms with Crippen molar-refractivity contribution in [3.63, 3.8) is 0 Å². The van der Waals surface area contributed by atoms with E-state index < -0.39 is 6.10 Å². The molecular weight excluding hydrogens is 250 g/mol. The minimum atomic E-state index is -0.641. The summed E-state index contributed by atoms with van der Waals surface area (Å²) in [7, 11) is 0.